The molecule has 1 aliphatic heterocycles. The van der Waals surface area contributed by atoms with E-state index in [0.717, 1.165) is 24.5 Å². The minimum atomic E-state index is -1.04. The molecule has 2 aromatic rings. The van der Waals surface area contributed by atoms with Crippen LogP contribution in [0.15, 0.2) is 36.7 Å². The van der Waals surface area contributed by atoms with Gasteiger partial charge in [-0.2, -0.15) is 0 Å². The molecule has 0 saturated carbocycles. The molecule has 0 spiro atoms. The number of primary amides is 1. The van der Waals surface area contributed by atoms with Crippen LogP contribution in [0.3, 0.4) is 0 Å². The van der Waals surface area contributed by atoms with Gasteiger partial charge >= 0.3 is 0 Å². The Balaban J connectivity index is 1.73. The van der Waals surface area contributed by atoms with Crippen molar-refractivity contribution in [2.24, 2.45) is 5.73 Å². The standard InChI is InChI=1S/C16H21N5O2/c17-14(22)9-16(23)7-4-8-20(11-16)10-15-19-18-12-21(15)13-5-2-1-3-6-13/h1-3,5-6,12,23H,4,7-11H2,(H2,17,22). The summed E-state index contributed by atoms with van der Waals surface area (Å²) in [6.45, 7) is 1.83. The van der Waals surface area contributed by atoms with Gasteiger partial charge in [-0.1, -0.05) is 18.2 Å². The molecule has 7 heteroatoms. The number of carbonyl (C=O) groups is 1. The highest BCUT2D eigenvalue weighted by Gasteiger charge is 2.35. The van der Waals surface area contributed by atoms with Crippen molar-refractivity contribution in [1.82, 2.24) is 19.7 Å². The second kappa shape index (κ2) is 6.47. The fourth-order valence-corrected chi connectivity index (χ4v) is 3.18. The number of nitrogens with two attached hydrogens (primary N) is 1. The van der Waals surface area contributed by atoms with Crippen LogP contribution in [-0.2, 0) is 11.3 Å². The highest BCUT2D eigenvalue weighted by atomic mass is 16.3. The van der Waals surface area contributed by atoms with Gasteiger partial charge in [0.15, 0.2) is 5.82 Å². The monoisotopic (exact) mass is 315 g/mol. The smallest absolute Gasteiger partial charge is 0.220 e. The Morgan fingerprint density at radius 1 is 1.35 bits per heavy atom. The normalized spacial score (nSPS) is 22.1. The fourth-order valence-electron chi connectivity index (χ4n) is 3.18. The molecule has 3 N–H and O–H groups in total. The number of benzene rings is 1. The molecule has 122 valence electrons. The summed E-state index contributed by atoms with van der Waals surface area (Å²) in [6.07, 6.45) is 3.10. The average molecular weight is 315 g/mol. The second-order valence-corrected chi connectivity index (χ2v) is 6.13. The van der Waals surface area contributed by atoms with Gasteiger partial charge in [0.05, 0.1) is 18.6 Å². The molecular weight excluding hydrogens is 294 g/mol. The fraction of sp³-hybridized carbons (Fsp3) is 0.438. The average Bonchev–Trinajstić information content (AvgIpc) is 2.95. The van der Waals surface area contributed by atoms with Gasteiger partial charge in [-0.05, 0) is 31.5 Å². The number of likely N-dealkylation sites (tertiary alicyclic amines) is 1. The van der Waals surface area contributed by atoms with Crippen LogP contribution in [0.1, 0.15) is 25.1 Å². The van der Waals surface area contributed by atoms with Crippen molar-refractivity contribution in [3.05, 3.63) is 42.5 Å². The number of β-amino-alcohol motifs (C(OH)–C–C–N with tert-alkyl or cyclic N) is 1. The summed E-state index contributed by atoms with van der Waals surface area (Å²) in [5.74, 6) is 0.335. The van der Waals surface area contributed by atoms with Crippen molar-refractivity contribution in [3.63, 3.8) is 0 Å². The summed E-state index contributed by atoms with van der Waals surface area (Å²) in [7, 11) is 0. The molecule has 0 radical (unpaired) electrons. The molecule has 1 amide bonds. The molecule has 0 aliphatic carbocycles. The van der Waals surface area contributed by atoms with Crippen molar-refractivity contribution in [2.75, 3.05) is 13.1 Å². The molecule has 2 heterocycles. The number of hydrogen-bond acceptors (Lipinski definition) is 5. The van der Waals surface area contributed by atoms with E-state index in [0.29, 0.717) is 19.5 Å². The maximum atomic E-state index is 11.2. The maximum absolute atomic E-state index is 11.2. The van der Waals surface area contributed by atoms with Crippen LogP contribution in [0.2, 0.25) is 0 Å². The summed E-state index contributed by atoms with van der Waals surface area (Å²) in [6, 6.07) is 9.87. The van der Waals surface area contributed by atoms with Crippen LogP contribution in [-0.4, -0.2) is 49.4 Å². The van der Waals surface area contributed by atoms with Gasteiger partial charge in [0.1, 0.15) is 6.33 Å². The third kappa shape index (κ3) is 3.75. The molecule has 1 unspecified atom stereocenters. The molecule has 0 bridgehead atoms. The van der Waals surface area contributed by atoms with E-state index in [1.165, 1.54) is 0 Å². The SMILES string of the molecule is NC(=O)CC1(O)CCCN(Cc2nncn2-c2ccccc2)C1. The molecule has 1 aromatic carbocycles. The Morgan fingerprint density at radius 2 is 2.13 bits per heavy atom. The van der Waals surface area contributed by atoms with E-state index >= 15 is 0 Å². The van der Waals surface area contributed by atoms with Crippen LogP contribution >= 0.6 is 0 Å². The zero-order chi connectivity index (χ0) is 16.3. The molecule has 1 aliphatic rings. The number of rotatable bonds is 5. The van der Waals surface area contributed by atoms with Crippen molar-refractivity contribution >= 4 is 5.91 Å². The van der Waals surface area contributed by atoms with Gasteiger partial charge in [0, 0.05) is 12.2 Å². The van der Waals surface area contributed by atoms with Gasteiger partial charge in [-0.3, -0.25) is 14.3 Å². The number of aromatic nitrogens is 3. The third-order valence-corrected chi connectivity index (χ3v) is 4.16. The van der Waals surface area contributed by atoms with E-state index in [4.69, 9.17) is 5.73 Å². The van der Waals surface area contributed by atoms with Crippen LogP contribution < -0.4 is 5.73 Å². The Labute approximate surface area is 134 Å². The molecular formula is C16H21N5O2. The molecule has 1 atom stereocenters. The second-order valence-electron chi connectivity index (χ2n) is 6.13. The summed E-state index contributed by atoms with van der Waals surface area (Å²) in [4.78, 5) is 13.2. The molecule has 1 fully saturated rings. The van der Waals surface area contributed by atoms with E-state index in [1.54, 1.807) is 6.33 Å². The lowest BCUT2D eigenvalue weighted by Crippen LogP contribution is -2.49. The summed E-state index contributed by atoms with van der Waals surface area (Å²) < 4.78 is 1.93. The first-order valence-electron chi connectivity index (χ1n) is 7.73. The van der Waals surface area contributed by atoms with E-state index in [9.17, 15) is 9.90 Å². The highest BCUT2D eigenvalue weighted by Crippen LogP contribution is 2.25. The van der Waals surface area contributed by atoms with Crippen LogP contribution in [0, 0.1) is 0 Å². The maximum Gasteiger partial charge on any atom is 0.220 e. The van der Waals surface area contributed by atoms with E-state index in [2.05, 4.69) is 15.1 Å². The molecule has 1 saturated heterocycles. The highest BCUT2D eigenvalue weighted by molar-refractivity contribution is 5.75. The Kier molecular flexibility index (Phi) is 4.40. The largest absolute Gasteiger partial charge is 0.388 e. The lowest BCUT2D eigenvalue weighted by molar-refractivity contribution is -0.125. The van der Waals surface area contributed by atoms with Gasteiger partial charge in [0.25, 0.3) is 0 Å². The predicted molar refractivity (Wildman–Crippen MR) is 84.6 cm³/mol. The predicted octanol–water partition coefficient (Wildman–Crippen LogP) is 0.470. The first-order valence-corrected chi connectivity index (χ1v) is 7.73. The van der Waals surface area contributed by atoms with E-state index in [-0.39, 0.29) is 6.42 Å². The van der Waals surface area contributed by atoms with Crippen molar-refractivity contribution in [2.45, 2.75) is 31.4 Å². The summed E-state index contributed by atoms with van der Waals surface area (Å²) in [5.41, 5.74) is 5.20. The molecule has 3 rings (SSSR count). The topological polar surface area (TPSA) is 97.3 Å². The number of piperidine rings is 1. The van der Waals surface area contributed by atoms with Gasteiger partial charge < -0.3 is 10.8 Å². The van der Waals surface area contributed by atoms with E-state index < -0.39 is 11.5 Å². The number of hydrogen-bond donors (Lipinski definition) is 2. The van der Waals surface area contributed by atoms with E-state index in [1.807, 2.05) is 34.9 Å². The minimum absolute atomic E-state index is 0.00508. The molecule has 23 heavy (non-hydrogen) atoms. The molecule has 7 nitrogen and oxygen atoms in total. The number of nitrogens with zero attached hydrogens (tertiary/aromatic N) is 4. The Morgan fingerprint density at radius 3 is 2.87 bits per heavy atom. The van der Waals surface area contributed by atoms with Gasteiger partial charge in [-0.25, -0.2) is 0 Å². The van der Waals surface area contributed by atoms with Crippen LogP contribution in [0.5, 0.6) is 0 Å². The van der Waals surface area contributed by atoms with Crippen molar-refractivity contribution in [1.29, 1.82) is 0 Å². The number of para-hydroxylation sites is 1. The minimum Gasteiger partial charge on any atom is -0.388 e. The summed E-state index contributed by atoms with van der Waals surface area (Å²) in [5, 5.41) is 18.7. The van der Waals surface area contributed by atoms with Gasteiger partial charge in [-0.15, -0.1) is 10.2 Å². The first kappa shape index (κ1) is 15.6. The lowest BCUT2D eigenvalue weighted by atomic mass is 9.89. The number of carbonyl (C=O) groups excluding carboxylic acids is 1. The quantitative estimate of drug-likeness (QED) is 0.836. The van der Waals surface area contributed by atoms with Crippen LogP contribution in [0.25, 0.3) is 5.69 Å². The van der Waals surface area contributed by atoms with Crippen molar-refractivity contribution in [3.8, 4) is 5.69 Å². The third-order valence-electron chi connectivity index (χ3n) is 4.16. The zero-order valence-electron chi connectivity index (χ0n) is 12.9. The van der Waals surface area contributed by atoms with Gasteiger partial charge in [0.2, 0.25) is 5.91 Å². The lowest BCUT2D eigenvalue weighted by Gasteiger charge is -2.38. The van der Waals surface area contributed by atoms with Crippen molar-refractivity contribution < 1.29 is 9.90 Å². The number of amides is 1. The zero-order valence-corrected chi connectivity index (χ0v) is 12.9. The summed E-state index contributed by atoms with van der Waals surface area (Å²) >= 11 is 0. The first-order chi connectivity index (χ1) is 11.1. The van der Waals surface area contributed by atoms with Crippen LogP contribution in [0.4, 0.5) is 0 Å². The number of aliphatic hydroxyl groups is 1. The molecule has 1 aromatic heterocycles. The Bertz CT molecular complexity index is 672. The Hall–Kier alpha value is -2.25.